The molecule has 1 aromatic heterocycles. The third kappa shape index (κ3) is 5.52. The van der Waals surface area contributed by atoms with Crippen LogP contribution in [0.4, 0.5) is 8.78 Å². The molecule has 2 aromatic rings. The van der Waals surface area contributed by atoms with Gasteiger partial charge in [-0.3, -0.25) is 4.79 Å². The largest absolute Gasteiger partial charge is 0.434 e. The van der Waals surface area contributed by atoms with E-state index in [0.29, 0.717) is 17.2 Å². The quantitative estimate of drug-likeness (QED) is 0.720. The first-order valence-electron chi connectivity index (χ1n) is 7.29. The van der Waals surface area contributed by atoms with E-state index in [-0.39, 0.29) is 24.6 Å². The first-order valence-corrected chi connectivity index (χ1v) is 8.96. The normalized spacial score (nSPS) is 11.1. The molecule has 0 saturated carbocycles. The number of thiazole rings is 1. The topological polar surface area (TPSA) is 51.2 Å². The van der Waals surface area contributed by atoms with E-state index in [2.05, 4.69) is 31.0 Å². The number of hydrogen-bond donors (Lipinski definition) is 1. The fraction of sp³-hybridized carbons (Fsp3) is 0.375. The summed E-state index contributed by atoms with van der Waals surface area (Å²) in [6.45, 7) is 1.27. The summed E-state index contributed by atoms with van der Waals surface area (Å²) in [4.78, 5) is 16.4. The lowest BCUT2D eigenvalue weighted by Crippen LogP contribution is -2.25. The molecule has 0 atom stereocenters. The molecule has 2 rings (SSSR count). The molecule has 0 unspecified atom stereocenters. The summed E-state index contributed by atoms with van der Waals surface area (Å²) >= 11 is 4.80. The molecule has 0 saturated heterocycles. The predicted octanol–water partition coefficient (Wildman–Crippen LogP) is 4.49. The molecule has 0 aliphatic heterocycles. The van der Waals surface area contributed by atoms with Crippen LogP contribution in [0.3, 0.4) is 0 Å². The van der Waals surface area contributed by atoms with E-state index in [0.717, 1.165) is 9.48 Å². The average molecular weight is 419 g/mol. The number of carbonyl (C=O) groups excluding carboxylic acids is 1. The maximum Gasteiger partial charge on any atom is 0.387 e. The maximum absolute atomic E-state index is 12.4. The van der Waals surface area contributed by atoms with Gasteiger partial charge in [0.25, 0.3) is 0 Å². The number of alkyl halides is 2. The summed E-state index contributed by atoms with van der Waals surface area (Å²) in [6, 6.07) is 4.68. The Morgan fingerprint density at radius 1 is 1.42 bits per heavy atom. The van der Waals surface area contributed by atoms with Crippen LogP contribution < -0.4 is 10.1 Å². The highest BCUT2D eigenvalue weighted by molar-refractivity contribution is 9.10. The maximum atomic E-state index is 12.4. The first kappa shape index (κ1) is 18.8. The van der Waals surface area contributed by atoms with Gasteiger partial charge in [0.15, 0.2) is 0 Å². The van der Waals surface area contributed by atoms with E-state index >= 15 is 0 Å². The van der Waals surface area contributed by atoms with Gasteiger partial charge < -0.3 is 10.1 Å². The number of benzene rings is 1. The second-order valence-corrected chi connectivity index (χ2v) is 7.22. The van der Waals surface area contributed by atoms with Crippen molar-refractivity contribution in [3.8, 4) is 5.75 Å². The van der Waals surface area contributed by atoms with Gasteiger partial charge in [-0.1, -0.05) is 29.8 Å². The Morgan fingerprint density at radius 2 is 2.17 bits per heavy atom. The summed E-state index contributed by atoms with van der Waals surface area (Å²) in [6.07, 6.45) is 0.155. The lowest BCUT2D eigenvalue weighted by Gasteiger charge is -2.12. The smallest absolute Gasteiger partial charge is 0.387 e. The minimum absolute atomic E-state index is 0.0456. The standard InChI is InChI=1S/C16H17BrF2N2O2S/c1-9(2)15-21-12(8-24-15)6-14(22)20-7-10-5-11(17)3-4-13(10)23-16(18)19/h3-5,8-9,16H,6-7H2,1-2H3,(H,20,22). The molecule has 0 spiro atoms. The van der Waals surface area contributed by atoms with Gasteiger partial charge in [0.05, 0.1) is 17.1 Å². The molecule has 4 nitrogen and oxygen atoms in total. The zero-order valence-corrected chi connectivity index (χ0v) is 15.6. The number of aromatic nitrogens is 1. The minimum atomic E-state index is -2.91. The van der Waals surface area contributed by atoms with Gasteiger partial charge in [0.2, 0.25) is 5.91 Å². The van der Waals surface area contributed by atoms with Gasteiger partial charge >= 0.3 is 6.61 Å². The van der Waals surface area contributed by atoms with E-state index in [1.165, 1.54) is 17.4 Å². The van der Waals surface area contributed by atoms with Crippen molar-refractivity contribution in [1.82, 2.24) is 10.3 Å². The Balaban J connectivity index is 1.96. The molecular formula is C16H17BrF2N2O2S. The van der Waals surface area contributed by atoms with Crippen LogP contribution in [0.25, 0.3) is 0 Å². The van der Waals surface area contributed by atoms with Gasteiger partial charge in [0, 0.05) is 27.9 Å². The average Bonchev–Trinajstić information content (AvgIpc) is 2.95. The number of amides is 1. The van der Waals surface area contributed by atoms with Crippen molar-refractivity contribution in [2.75, 3.05) is 0 Å². The lowest BCUT2D eigenvalue weighted by atomic mass is 10.2. The SMILES string of the molecule is CC(C)c1nc(CC(=O)NCc2cc(Br)ccc2OC(F)F)cs1. The van der Waals surface area contributed by atoms with Crippen molar-refractivity contribution in [1.29, 1.82) is 0 Å². The monoisotopic (exact) mass is 418 g/mol. The Kier molecular flexibility index (Phi) is 6.68. The van der Waals surface area contributed by atoms with Crippen LogP contribution in [-0.2, 0) is 17.8 Å². The minimum Gasteiger partial charge on any atom is -0.434 e. The van der Waals surface area contributed by atoms with E-state index in [9.17, 15) is 13.6 Å². The number of nitrogens with zero attached hydrogens (tertiary/aromatic N) is 1. The van der Waals surface area contributed by atoms with Crippen molar-refractivity contribution in [2.24, 2.45) is 0 Å². The van der Waals surface area contributed by atoms with Crippen LogP contribution in [0.2, 0.25) is 0 Å². The molecule has 1 N–H and O–H groups in total. The van der Waals surface area contributed by atoms with Crippen LogP contribution in [0.15, 0.2) is 28.1 Å². The lowest BCUT2D eigenvalue weighted by molar-refractivity contribution is -0.120. The van der Waals surface area contributed by atoms with Crippen LogP contribution >= 0.6 is 27.3 Å². The van der Waals surface area contributed by atoms with Crippen molar-refractivity contribution in [3.63, 3.8) is 0 Å². The number of nitrogens with one attached hydrogen (secondary N) is 1. The van der Waals surface area contributed by atoms with Gasteiger partial charge in [-0.2, -0.15) is 8.78 Å². The molecule has 1 aromatic carbocycles. The van der Waals surface area contributed by atoms with E-state index in [1.54, 1.807) is 12.1 Å². The molecule has 1 amide bonds. The third-order valence-electron chi connectivity index (χ3n) is 3.12. The number of ether oxygens (including phenoxy) is 1. The van der Waals surface area contributed by atoms with Crippen molar-refractivity contribution >= 4 is 33.2 Å². The highest BCUT2D eigenvalue weighted by Gasteiger charge is 2.13. The molecule has 24 heavy (non-hydrogen) atoms. The fourth-order valence-corrected chi connectivity index (χ4v) is 3.23. The Bertz CT molecular complexity index is 707. The zero-order valence-electron chi connectivity index (χ0n) is 13.2. The Labute approximate surface area is 151 Å². The van der Waals surface area contributed by atoms with E-state index in [1.807, 2.05) is 19.2 Å². The van der Waals surface area contributed by atoms with Gasteiger partial charge in [0.1, 0.15) is 5.75 Å². The third-order valence-corrected chi connectivity index (χ3v) is 4.81. The predicted molar refractivity (Wildman–Crippen MR) is 92.5 cm³/mol. The number of rotatable bonds is 7. The molecular weight excluding hydrogens is 402 g/mol. The molecule has 130 valence electrons. The van der Waals surface area contributed by atoms with E-state index < -0.39 is 6.61 Å². The van der Waals surface area contributed by atoms with Crippen LogP contribution in [0.5, 0.6) is 5.75 Å². The number of halogens is 3. The summed E-state index contributed by atoms with van der Waals surface area (Å²) in [5, 5.41) is 5.55. The fourth-order valence-electron chi connectivity index (χ4n) is 1.99. The summed E-state index contributed by atoms with van der Waals surface area (Å²) in [5.41, 5.74) is 1.18. The first-order chi connectivity index (χ1) is 11.3. The second-order valence-electron chi connectivity index (χ2n) is 5.42. The van der Waals surface area contributed by atoms with Crippen molar-refractivity contribution < 1.29 is 18.3 Å². The van der Waals surface area contributed by atoms with Gasteiger partial charge in [-0.25, -0.2) is 4.98 Å². The van der Waals surface area contributed by atoms with Crippen molar-refractivity contribution in [3.05, 3.63) is 44.3 Å². The molecule has 8 heteroatoms. The van der Waals surface area contributed by atoms with Gasteiger partial charge in [-0.15, -0.1) is 11.3 Å². The van der Waals surface area contributed by atoms with Crippen molar-refractivity contribution in [2.45, 2.75) is 39.3 Å². The molecule has 0 aliphatic carbocycles. The zero-order chi connectivity index (χ0) is 17.7. The number of carbonyl (C=O) groups is 1. The second kappa shape index (κ2) is 8.53. The molecule has 1 heterocycles. The summed E-state index contributed by atoms with van der Waals surface area (Å²) < 4.78 is 30.0. The van der Waals surface area contributed by atoms with Crippen LogP contribution in [0.1, 0.15) is 36.0 Å². The summed E-state index contributed by atoms with van der Waals surface area (Å²) in [5.74, 6) is 0.144. The highest BCUT2D eigenvalue weighted by atomic mass is 79.9. The highest BCUT2D eigenvalue weighted by Crippen LogP contribution is 2.25. The number of hydrogen-bond acceptors (Lipinski definition) is 4. The molecule has 0 bridgehead atoms. The summed E-state index contributed by atoms with van der Waals surface area (Å²) in [7, 11) is 0. The Hall–Kier alpha value is -1.54. The Morgan fingerprint density at radius 3 is 2.79 bits per heavy atom. The molecule has 0 fully saturated rings. The molecule has 0 radical (unpaired) electrons. The molecule has 0 aliphatic rings. The van der Waals surface area contributed by atoms with Gasteiger partial charge in [-0.05, 0) is 18.2 Å². The van der Waals surface area contributed by atoms with Crippen LogP contribution in [-0.4, -0.2) is 17.5 Å². The van der Waals surface area contributed by atoms with E-state index in [4.69, 9.17) is 0 Å². The van der Waals surface area contributed by atoms with Crippen LogP contribution in [0, 0.1) is 0 Å².